The molecule has 0 aliphatic carbocycles. The van der Waals surface area contributed by atoms with E-state index in [1.54, 1.807) is 0 Å². The maximum Gasteiger partial charge on any atom is 0.181 e. The van der Waals surface area contributed by atoms with E-state index in [-0.39, 0.29) is 23.4 Å². The molecule has 0 saturated carbocycles. The van der Waals surface area contributed by atoms with Crippen LogP contribution in [-0.2, 0) is 9.59 Å². The van der Waals surface area contributed by atoms with Gasteiger partial charge in [0.05, 0.1) is 11.4 Å². The van der Waals surface area contributed by atoms with Gasteiger partial charge in [0.15, 0.2) is 11.6 Å². The Kier molecular flexibility index (Phi) is 5.30. The number of ketones is 2. The Morgan fingerprint density at radius 1 is 0.769 bits per heavy atom. The van der Waals surface area contributed by atoms with Gasteiger partial charge < -0.3 is 9.80 Å². The fraction of sp³-hybridized carbons (Fsp3) is 0.455. The second-order valence-electron chi connectivity index (χ2n) is 7.68. The van der Waals surface area contributed by atoms with Crippen molar-refractivity contribution in [3.05, 3.63) is 46.8 Å². The van der Waals surface area contributed by atoms with Crippen LogP contribution in [0.5, 0.6) is 0 Å². The predicted octanol–water partition coefficient (Wildman–Crippen LogP) is 3.45. The second kappa shape index (κ2) is 7.48. The molecule has 4 heteroatoms. The smallest absolute Gasteiger partial charge is 0.181 e. The third-order valence-corrected chi connectivity index (χ3v) is 5.56. The number of nitrogens with zero attached hydrogens (tertiary/aromatic N) is 2. The first-order valence-corrected chi connectivity index (χ1v) is 9.41. The minimum Gasteiger partial charge on any atom is -0.372 e. The van der Waals surface area contributed by atoms with Crippen LogP contribution in [-0.4, -0.2) is 48.6 Å². The molecule has 2 heterocycles. The molecule has 1 aromatic carbocycles. The van der Waals surface area contributed by atoms with Gasteiger partial charge in [0.25, 0.3) is 0 Å². The molecule has 2 saturated heterocycles. The minimum absolute atomic E-state index is 0.0938. The van der Waals surface area contributed by atoms with Crippen LogP contribution in [0, 0.1) is 11.8 Å². The lowest BCUT2D eigenvalue weighted by molar-refractivity contribution is -0.122. The summed E-state index contributed by atoms with van der Waals surface area (Å²) in [6.07, 6.45) is 5.77. The van der Waals surface area contributed by atoms with Crippen molar-refractivity contribution in [2.75, 3.05) is 27.2 Å². The summed E-state index contributed by atoms with van der Waals surface area (Å²) in [5, 5.41) is 0. The zero-order chi connectivity index (χ0) is 18.8. The quantitative estimate of drug-likeness (QED) is 0.765. The topological polar surface area (TPSA) is 40.6 Å². The van der Waals surface area contributed by atoms with E-state index in [0.29, 0.717) is 0 Å². The van der Waals surface area contributed by atoms with Crippen LogP contribution in [0.3, 0.4) is 0 Å². The summed E-state index contributed by atoms with van der Waals surface area (Å²) in [6.45, 7) is 5.82. The molecule has 2 atom stereocenters. The first-order valence-electron chi connectivity index (χ1n) is 9.41. The highest BCUT2D eigenvalue weighted by atomic mass is 16.1. The van der Waals surface area contributed by atoms with Crippen molar-refractivity contribution in [2.45, 2.75) is 26.7 Å². The summed E-state index contributed by atoms with van der Waals surface area (Å²) in [4.78, 5) is 28.9. The fourth-order valence-electron chi connectivity index (χ4n) is 3.53. The van der Waals surface area contributed by atoms with Gasteiger partial charge in [-0.25, -0.2) is 0 Å². The van der Waals surface area contributed by atoms with Gasteiger partial charge in [0.2, 0.25) is 0 Å². The molecule has 2 unspecified atom stereocenters. The number of Topliss-reactive ketones (excluding diaryl/α,β-unsaturated/α-hetero) is 2. The molecule has 0 aromatic heterocycles. The summed E-state index contributed by atoms with van der Waals surface area (Å²) in [5.74, 6) is 0.620. The molecular formula is C22H28N2O2. The van der Waals surface area contributed by atoms with E-state index in [1.165, 1.54) is 0 Å². The summed E-state index contributed by atoms with van der Waals surface area (Å²) >= 11 is 0. The molecule has 26 heavy (non-hydrogen) atoms. The van der Waals surface area contributed by atoms with Gasteiger partial charge in [-0.15, -0.1) is 0 Å². The molecule has 1 aromatic rings. The average Bonchev–Trinajstić information content (AvgIpc) is 2.63. The predicted molar refractivity (Wildman–Crippen MR) is 105 cm³/mol. The van der Waals surface area contributed by atoms with Crippen molar-refractivity contribution in [3.8, 4) is 0 Å². The Bertz CT molecular complexity index is 696. The molecule has 4 nitrogen and oxygen atoms in total. The zero-order valence-corrected chi connectivity index (χ0v) is 16.2. The number of likely N-dealkylation sites (tertiary alicyclic amines) is 2. The normalized spacial score (nSPS) is 27.5. The van der Waals surface area contributed by atoms with Gasteiger partial charge in [-0.1, -0.05) is 38.1 Å². The fourth-order valence-corrected chi connectivity index (χ4v) is 3.53. The average molecular weight is 352 g/mol. The maximum absolute atomic E-state index is 12.4. The van der Waals surface area contributed by atoms with Crippen molar-refractivity contribution in [1.29, 1.82) is 0 Å². The Morgan fingerprint density at radius 2 is 1.12 bits per heavy atom. The van der Waals surface area contributed by atoms with Gasteiger partial charge >= 0.3 is 0 Å². The number of benzene rings is 1. The lowest BCUT2D eigenvalue weighted by Gasteiger charge is -2.30. The molecule has 0 N–H and O–H groups in total. The number of rotatable bonds is 2. The molecule has 138 valence electrons. The number of likely N-dealkylation sites (N-methyl/N-ethyl adjacent to an activating group) is 2. The molecule has 3 rings (SSSR count). The van der Waals surface area contributed by atoms with Crippen LogP contribution in [0.1, 0.15) is 37.8 Å². The molecular weight excluding hydrogens is 324 g/mol. The van der Waals surface area contributed by atoms with E-state index in [2.05, 4.69) is 0 Å². The highest BCUT2D eigenvalue weighted by Crippen LogP contribution is 2.25. The third kappa shape index (κ3) is 3.74. The van der Waals surface area contributed by atoms with Crippen molar-refractivity contribution in [2.24, 2.45) is 11.8 Å². The van der Waals surface area contributed by atoms with Gasteiger partial charge in [0, 0.05) is 39.0 Å². The van der Waals surface area contributed by atoms with Gasteiger partial charge in [-0.2, -0.15) is 0 Å². The standard InChI is InChI=1S/C22H28N2O2/c1-15-9-11-23(3)19(21(15)25)13-17-5-7-18(8-6-17)14-20-22(26)16(2)10-12-24(20)4/h5-8,13-16H,9-12H2,1-4H3. The lowest BCUT2D eigenvalue weighted by atomic mass is 9.93. The van der Waals surface area contributed by atoms with Crippen LogP contribution in [0.15, 0.2) is 35.7 Å². The summed E-state index contributed by atoms with van der Waals surface area (Å²) in [6, 6.07) is 8.04. The summed E-state index contributed by atoms with van der Waals surface area (Å²) < 4.78 is 0. The molecule has 0 bridgehead atoms. The van der Waals surface area contributed by atoms with Crippen LogP contribution in [0.4, 0.5) is 0 Å². The highest BCUT2D eigenvalue weighted by Gasteiger charge is 2.27. The Morgan fingerprint density at radius 3 is 1.46 bits per heavy atom. The van der Waals surface area contributed by atoms with Crippen LogP contribution >= 0.6 is 0 Å². The Hall–Kier alpha value is -2.36. The van der Waals surface area contributed by atoms with E-state index >= 15 is 0 Å². The monoisotopic (exact) mass is 352 g/mol. The van der Waals surface area contributed by atoms with Crippen molar-refractivity contribution < 1.29 is 9.59 Å². The molecule has 0 radical (unpaired) electrons. The van der Waals surface area contributed by atoms with E-state index < -0.39 is 0 Å². The number of piperidine rings is 2. The Balaban J connectivity index is 1.82. The van der Waals surface area contributed by atoms with Gasteiger partial charge in [-0.05, 0) is 36.1 Å². The molecule has 2 aliphatic heterocycles. The number of carbonyl (C=O) groups excluding carboxylic acids is 2. The number of carbonyl (C=O) groups is 2. The van der Waals surface area contributed by atoms with E-state index in [9.17, 15) is 9.59 Å². The second-order valence-corrected chi connectivity index (χ2v) is 7.68. The molecule has 0 amide bonds. The van der Waals surface area contributed by atoms with Gasteiger partial charge in [-0.3, -0.25) is 9.59 Å². The van der Waals surface area contributed by atoms with Crippen molar-refractivity contribution in [3.63, 3.8) is 0 Å². The molecule has 2 aliphatic rings. The number of hydrogen-bond donors (Lipinski definition) is 0. The third-order valence-electron chi connectivity index (χ3n) is 5.56. The lowest BCUT2D eigenvalue weighted by Crippen LogP contribution is -2.35. The first kappa shape index (κ1) is 18.4. The number of allylic oxidation sites excluding steroid dienone is 2. The number of hydrogen-bond acceptors (Lipinski definition) is 4. The molecule has 0 spiro atoms. The van der Waals surface area contributed by atoms with Crippen LogP contribution in [0.25, 0.3) is 12.2 Å². The van der Waals surface area contributed by atoms with E-state index in [1.807, 2.05) is 74.2 Å². The minimum atomic E-state index is 0.0938. The van der Waals surface area contributed by atoms with E-state index in [0.717, 1.165) is 48.5 Å². The summed E-state index contributed by atoms with van der Waals surface area (Å²) in [5.41, 5.74) is 3.58. The van der Waals surface area contributed by atoms with Crippen LogP contribution in [0.2, 0.25) is 0 Å². The van der Waals surface area contributed by atoms with Gasteiger partial charge in [0.1, 0.15) is 0 Å². The maximum atomic E-state index is 12.4. The SMILES string of the molecule is CC1CCN(C)C(=Cc2ccc(C=C3C(=O)C(C)CCN3C)cc2)C1=O. The summed E-state index contributed by atoms with van der Waals surface area (Å²) in [7, 11) is 3.94. The largest absolute Gasteiger partial charge is 0.372 e. The van der Waals surface area contributed by atoms with Crippen molar-refractivity contribution in [1.82, 2.24) is 9.80 Å². The van der Waals surface area contributed by atoms with Crippen LogP contribution < -0.4 is 0 Å². The molecule has 2 fully saturated rings. The zero-order valence-electron chi connectivity index (χ0n) is 16.2. The highest BCUT2D eigenvalue weighted by molar-refractivity contribution is 6.01. The first-order chi connectivity index (χ1) is 12.4. The van der Waals surface area contributed by atoms with E-state index in [4.69, 9.17) is 0 Å². The van der Waals surface area contributed by atoms with Crippen molar-refractivity contribution >= 4 is 23.7 Å². The Labute approximate surface area is 156 Å².